The second kappa shape index (κ2) is 9.70. The summed E-state index contributed by atoms with van der Waals surface area (Å²) in [6.45, 7) is 10.0. The van der Waals surface area contributed by atoms with E-state index >= 15 is 0 Å². The lowest BCUT2D eigenvalue weighted by Gasteiger charge is -2.29. The number of tetrazole rings is 1. The number of rotatable bonds is 8. The van der Waals surface area contributed by atoms with Gasteiger partial charge in [0.1, 0.15) is 36.6 Å². The molecule has 32 heavy (non-hydrogen) atoms. The maximum absolute atomic E-state index is 6.14. The van der Waals surface area contributed by atoms with Gasteiger partial charge in [0.25, 0.3) is 0 Å². The van der Waals surface area contributed by atoms with Crippen molar-refractivity contribution in [3.05, 3.63) is 24.3 Å². The number of nitrogens with zero attached hydrogens (tertiary/aromatic N) is 5. The lowest BCUT2D eigenvalue weighted by molar-refractivity contribution is -0.693. The molecule has 174 valence electrons. The highest BCUT2D eigenvalue weighted by molar-refractivity contribution is 5.51. The fraction of sp³-hybridized carbons (Fsp3) is 0.682. The molecule has 3 fully saturated rings. The Morgan fingerprint density at radius 1 is 1.16 bits per heavy atom. The van der Waals surface area contributed by atoms with Crippen LogP contribution in [-0.4, -0.2) is 84.5 Å². The molecule has 0 saturated carbocycles. The summed E-state index contributed by atoms with van der Waals surface area (Å²) in [6.07, 6.45) is 1.17. The van der Waals surface area contributed by atoms with Crippen molar-refractivity contribution in [1.29, 1.82) is 0 Å². The van der Waals surface area contributed by atoms with E-state index in [1.807, 2.05) is 18.2 Å². The zero-order chi connectivity index (χ0) is 21.9. The van der Waals surface area contributed by atoms with E-state index in [4.69, 9.17) is 18.9 Å². The van der Waals surface area contributed by atoms with Gasteiger partial charge in [0.05, 0.1) is 26.4 Å². The van der Waals surface area contributed by atoms with E-state index in [-0.39, 0.29) is 18.2 Å². The first kappa shape index (κ1) is 21.6. The average Bonchev–Trinajstić information content (AvgIpc) is 3.52. The smallest absolute Gasteiger partial charge is 0.341 e. The Hall–Kier alpha value is -2.27. The van der Waals surface area contributed by atoms with Gasteiger partial charge in [0, 0.05) is 24.8 Å². The molecule has 10 nitrogen and oxygen atoms in total. The van der Waals surface area contributed by atoms with Crippen LogP contribution in [0.15, 0.2) is 24.3 Å². The molecule has 10 heteroatoms. The average molecular weight is 446 g/mol. The number of quaternary nitrogens is 1. The first-order valence-corrected chi connectivity index (χ1v) is 11.6. The monoisotopic (exact) mass is 445 g/mol. The third-order valence-corrected chi connectivity index (χ3v) is 6.46. The summed E-state index contributed by atoms with van der Waals surface area (Å²) in [5, 5.41) is 14.6. The van der Waals surface area contributed by atoms with E-state index in [1.54, 1.807) is 4.68 Å². The van der Waals surface area contributed by atoms with Gasteiger partial charge in [-0.2, -0.15) is 4.68 Å². The number of ether oxygens (including phenoxy) is 4. The molecule has 0 spiro atoms. The molecule has 1 aromatic carbocycles. The van der Waals surface area contributed by atoms with Crippen LogP contribution in [0.1, 0.15) is 26.3 Å². The van der Waals surface area contributed by atoms with Gasteiger partial charge in [-0.1, -0.05) is 25.0 Å². The van der Waals surface area contributed by atoms with Gasteiger partial charge in [-0.25, -0.2) is 0 Å². The van der Waals surface area contributed by atoms with Crippen molar-refractivity contribution in [2.45, 2.75) is 44.6 Å². The Bertz CT molecular complexity index is 887. The van der Waals surface area contributed by atoms with Gasteiger partial charge >= 0.3 is 6.01 Å². The van der Waals surface area contributed by atoms with Crippen LogP contribution < -0.4 is 15.0 Å². The SMILES string of the molecule is CC(C)CC[NH2+][C@H]1CO[C@H]2[C@@H]1OC[C@@H]2n1nnnc1Oc1cccc(N2CCOCC2)c1. The van der Waals surface area contributed by atoms with E-state index in [0.717, 1.165) is 38.5 Å². The molecule has 4 atom stereocenters. The summed E-state index contributed by atoms with van der Waals surface area (Å²) in [7, 11) is 0. The maximum Gasteiger partial charge on any atom is 0.341 e. The highest BCUT2D eigenvalue weighted by Gasteiger charge is 2.51. The van der Waals surface area contributed by atoms with Crippen molar-refractivity contribution in [1.82, 2.24) is 20.2 Å². The predicted octanol–water partition coefficient (Wildman–Crippen LogP) is 0.619. The molecule has 5 rings (SSSR count). The van der Waals surface area contributed by atoms with Gasteiger partial charge in [-0.05, 0) is 34.9 Å². The number of hydrogen-bond donors (Lipinski definition) is 1. The number of hydrogen-bond acceptors (Lipinski definition) is 8. The first-order valence-electron chi connectivity index (χ1n) is 11.6. The summed E-state index contributed by atoms with van der Waals surface area (Å²) < 4.78 is 25.6. The van der Waals surface area contributed by atoms with Crippen molar-refractivity contribution >= 4 is 5.69 Å². The molecule has 0 amide bonds. The molecule has 3 aliphatic rings. The lowest BCUT2D eigenvalue weighted by Crippen LogP contribution is -2.93. The number of fused-ring (bicyclic) bond motifs is 1. The van der Waals surface area contributed by atoms with Gasteiger partial charge in [0.15, 0.2) is 0 Å². The third-order valence-electron chi connectivity index (χ3n) is 6.46. The molecular formula is C22H33N6O4+. The van der Waals surface area contributed by atoms with Crippen molar-refractivity contribution in [2.75, 3.05) is 51.0 Å². The Labute approximate surface area is 188 Å². The molecular weight excluding hydrogens is 412 g/mol. The molecule has 2 aromatic rings. The van der Waals surface area contributed by atoms with Crippen LogP contribution in [0.2, 0.25) is 0 Å². The second-order valence-electron chi connectivity index (χ2n) is 9.14. The minimum atomic E-state index is -0.101. The number of nitrogens with two attached hydrogens (primary N) is 1. The Morgan fingerprint density at radius 2 is 2.00 bits per heavy atom. The highest BCUT2D eigenvalue weighted by Crippen LogP contribution is 2.35. The van der Waals surface area contributed by atoms with E-state index in [1.165, 1.54) is 6.42 Å². The molecule has 0 aliphatic carbocycles. The summed E-state index contributed by atoms with van der Waals surface area (Å²) in [5.41, 5.74) is 1.10. The van der Waals surface area contributed by atoms with Crippen LogP contribution in [0.25, 0.3) is 0 Å². The van der Waals surface area contributed by atoms with Crippen molar-refractivity contribution in [2.24, 2.45) is 5.92 Å². The number of morpholine rings is 1. The molecule has 0 bridgehead atoms. The summed E-state index contributed by atoms with van der Waals surface area (Å²) in [5.74, 6) is 1.40. The molecule has 0 radical (unpaired) electrons. The Kier molecular flexibility index (Phi) is 6.54. The van der Waals surface area contributed by atoms with E-state index in [2.05, 4.69) is 45.7 Å². The Morgan fingerprint density at radius 3 is 2.84 bits per heavy atom. The van der Waals surface area contributed by atoms with E-state index in [9.17, 15) is 0 Å². The predicted molar refractivity (Wildman–Crippen MR) is 116 cm³/mol. The zero-order valence-electron chi connectivity index (χ0n) is 18.8. The minimum Gasteiger partial charge on any atom is -0.423 e. The maximum atomic E-state index is 6.14. The van der Waals surface area contributed by atoms with E-state index in [0.29, 0.717) is 36.9 Å². The zero-order valence-corrected chi connectivity index (χ0v) is 18.8. The second-order valence-corrected chi connectivity index (χ2v) is 9.14. The van der Waals surface area contributed by atoms with Crippen LogP contribution in [0.3, 0.4) is 0 Å². The molecule has 3 saturated heterocycles. The molecule has 4 heterocycles. The number of aromatic nitrogens is 4. The fourth-order valence-corrected chi connectivity index (χ4v) is 4.70. The van der Waals surface area contributed by atoms with Crippen molar-refractivity contribution in [3.63, 3.8) is 0 Å². The Balaban J connectivity index is 1.25. The molecule has 3 aliphatic heterocycles. The molecule has 1 aromatic heterocycles. The fourth-order valence-electron chi connectivity index (χ4n) is 4.70. The quantitative estimate of drug-likeness (QED) is 0.631. The minimum absolute atomic E-state index is 0.0499. The van der Waals surface area contributed by atoms with Gasteiger partial charge in [0.2, 0.25) is 0 Å². The largest absolute Gasteiger partial charge is 0.423 e. The summed E-state index contributed by atoms with van der Waals surface area (Å²) in [6, 6.07) is 8.58. The molecule has 2 N–H and O–H groups in total. The van der Waals surface area contributed by atoms with Crippen molar-refractivity contribution < 1.29 is 24.3 Å². The van der Waals surface area contributed by atoms with E-state index < -0.39 is 0 Å². The topological polar surface area (TPSA) is 100 Å². The van der Waals surface area contributed by atoms with Gasteiger partial charge in [-0.15, -0.1) is 0 Å². The van der Waals surface area contributed by atoms with Crippen LogP contribution in [0.4, 0.5) is 5.69 Å². The van der Waals surface area contributed by atoms with Crippen molar-refractivity contribution in [3.8, 4) is 11.8 Å². The lowest BCUT2D eigenvalue weighted by atomic mass is 10.1. The highest BCUT2D eigenvalue weighted by atomic mass is 16.6. The number of benzene rings is 1. The summed E-state index contributed by atoms with van der Waals surface area (Å²) in [4.78, 5) is 2.29. The number of anilines is 1. The van der Waals surface area contributed by atoms with Gasteiger partial charge in [-0.3, -0.25) is 0 Å². The van der Waals surface area contributed by atoms with Crippen LogP contribution in [0.5, 0.6) is 11.8 Å². The van der Waals surface area contributed by atoms with Crippen LogP contribution in [-0.2, 0) is 14.2 Å². The normalized spacial score (nSPS) is 27.8. The summed E-state index contributed by atoms with van der Waals surface area (Å²) >= 11 is 0. The third kappa shape index (κ3) is 4.59. The van der Waals surface area contributed by atoms with Crippen LogP contribution in [0, 0.1) is 5.92 Å². The van der Waals surface area contributed by atoms with Gasteiger partial charge < -0.3 is 29.2 Å². The first-order chi connectivity index (χ1) is 15.7. The molecule has 0 unspecified atom stereocenters. The standard InChI is InChI=1S/C22H32N6O4/c1-15(2)6-7-23-18-13-30-21-19(14-31-20(18)21)28-22(24-25-26-28)32-17-5-3-4-16(12-17)27-8-10-29-11-9-27/h3-5,12,15,18-21,23H,6-11,13-14H2,1-2H3/p+1/t18-,19-,20+,21+/m0/s1. The van der Waals surface area contributed by atoms with Crippen LogP contribution >= 0.6 is 0 Å².